The van der Waals surface area contributed by atoms with E-state index < -0.39 is 23.4 Å². The van der Waals surface area contributed by atoms with Crippen molar-refractivity contribution in [1.29, 1.82) is 0 Å². The summed E-state index contributed by atoms with van der Waals surface area (Å²) in [6.45, 7) is -1.55. The van der Waals surface area contributed by atoms with E-state index in [2.05, 4.69) is 22.3 Å². The van der Waals surface area contributed by atoms with Crippen molar-refractivity contribution >= 4 is 28.7 Å². The van der Waals surface area contributed by atoms with E-state index in [0.717, 1.165) is 18.2 Å². The first-order valence-corrected chi connectivity index (χ1v) is 5.14. The number of nitrogens with one attached hydrogen (secondary N) is 1. The fourth-order valence-corrected chi connectivity index (χ4v) is 1.27. The van der Waals surface area contributed by atoms with E-state index >= 15 is 0 Å². The lowest BCUT2D eigenvalue weighted by Gasteiger charge is -2.11. The molecule has 0 saturated heterocycles. The number of nitrogens with zero attached hydrogens (tertiary/aromatic N) is 1. The number of benzene rings is 1. The van der Waals surface area contributed by atoms with Crippen molar-refractivity contribution in [3.05, 3.63) is 28.3 Å². The maximum absolute atomic E-state index is 12.0. The van der Waals surface area contributed by atoms with Gasteiger partial charge in [-0.15, -0.1) is 0 Å². The van der Waals surface area contributed by atoms with Gasteiger partial charge in [0.1, 0.15) is 5.75 Å². The number of anilines is 1. The third-order valence-electron chi connectivity index (χ3n) is 1.77. The minimum Gasteiger partial charge on any atom is -0.484 e. The number of hydrogen-bond acceptors (Lipinski definition) is 4. The van der Waals surface area contributed by atoms with Crippen LogP contribution >= 0.6 is 12.2 Å². The summed E-state index contributed by atoms with van der Waals surface area (Å²) in [7, 11) is 0. The summed E-state index contributed by atoms with van der Waals surface area (Å²) >= 11 is 4.53. The maximum atomic E-state index is 12.0. The molecule has 0 aliphatic carbocycles. The molecule has 0 spiro atoms. The van der Waals surface area contributed by atoms with Gasteiger partial charge < -0.3 is 15.8 Å². The van der Waals surface area contributed by atoms with Crippen LogP contribution in [0.4, 0.5) is 24.5 Å². The highest BCUT2D eigenvalue weighted by molar-refractivity contribution is 7.80. The van der Waals surface area contributed by atoms with E-state index in [0.29, 0.717) is 0 Å². The van der Waals surface area contributed by atoms with E-state index in [1.165, 1.54) is 0 Å². The summed E-state index contributed by atoms with van der Waals surface area (Å²) < 4.78 is 40.4. The summed E-state index contributed by atoms with van der Waals surface area (Å²) in [5.74, 6) is -0.315. The van der Waals surface area contributed by atoms with Crippen LogP contribution in [-0.4, -0.2) is 22.8 Å². The molecule has 0 heterocycles. The molecule has 0 radical (unpaired) electrons. The average Bonchev–Trinajstić information content (AvgIpc) is 2.24. The topological polar surface area (TPSA) is 90.4 Å². The molecule has 104 valence electrons. The first-order chi connectivity index (χ1) is 8.67. The highest BCUT2D eigenvalue weighted by atomic mass is 32.1. The van der Waals surface area contributed by atoms with Crippen LogP contribution in [0, 0.1) is 10.1 Å². The normalized spacial score (nSPS) is 10.9. The van der Waals surface area contributed by atoms with Crippen LogP contribution in [0.25, 0.3) is 0 Å². The molecule has 0 fully saturated rings. The molecule has 0 amide bonds. The van der Waals surface area contributed by atoms with Crippen molar-refractivity contribution in [3.8, 4) is 5.75 Å². The zero-order valence-electron chi connectivity index (χ0n) is 9.23. The second kappa shape index (κ2) is 5.69. The van der Waals surface area contributed by atoms with Gasteiger partial charge in [0.15, 0.2) is 11.7 Å². The van der Waals surface area contributed by atoms with Gasteiger partial charge in [-0.05, 0) is 12.2 Å². The molecule has 0 atom stereocenters. The highest BCUT2D eigenvalue weighted by Gasteiger charge is 2.28. The van der Waals surface area contributed by atoms with Crippen LogP contribution in [-0.2, 0) is 0 Å². The molecule has 19 heavy (non-hydrogen) atoms. The van der Waals surface area contributed by atoms with Crippen LogP contribution in [0.1, 0.15) is 0 Å². The minimum atomic E-state index is -4.54. The highest BCUT2D eigenvalue weighted by Crippen LogP contribution is 2.27. The number of hydrogen-bond donors (Lipinski definition) is 2. The zero-order chi connectivity index (χ0) is 14.6. The number of thiocarbonyl (C=S) groups is 1. The lowest BCUT2D eigenvalue weighted by Crippen LogP contribution is -2.20. The first-order valence-electron chi connectivity index (χ1n) is 4.73. The monoisotopic (exact) mass is 295 g/mol. The van der Waals surface area contributed by atoms with E-state index in [-0.39, 0.29) is 16.5 Å². The van der Waals surface area contributed by atoms with E-state index in [9.17, 15) is 23.3 Å². The van der Waals surface area contributed by atoms with Gasteiger partial charge in [-0.25, -0.2) is 0 Å². The van der Waals surface area contributed by atoms with E-state index in [1.54, 1.807) is 0 Å². The third kappa shape index (κ3) is 5.38. The molecular weight excluding hydrogens is 287 g/mol. The Kier molecular flexibility index (Phi) is 4.48. The number of rotatable bonds is 4. The summed E-state index contributed by atoms with van der Waals surface area (Å²) in [6, 6.07) is 3.06. The average molecular weight is 295 g/mol. The predicted octanol–water partition coefficient (Wildman–Crippen LogP) is 2.19. The molecule has 0 aromatic heterocycles. The molecule has 10 heteroatoms. The SMILES string of the molecule is NC(=S)Nc1cc(OCC(F)(F)F)cc([N+](=O)[O-])c1. The van der Waals surface area contributed by atoms with Crippen LogP contribution in [0.5, 0.6) is 5.75 Å². The number of nitro groups is 1. The molecule has 0 unspecified atom stereocenters. The fraction of sp³-hybridized carbons (Fsp3) is 0.222. The summed E-state index contributed by atoms with van der Waals surface area (Å²) in [5, 5.41) is 12.8. The smallest absolute Gasteiger partial charge is 0.422 e. The van der Waals surface area contributed by atoms with Crippen molar-refractivity contribution < 1.29 is 22.8 Å². The third-order valence-corrected chi connectivity index (χ3v) is 1.87. The number of halogens is 3. The Bertz CT molecular complexity index is 507. The van der Waals surface area contributed by atoms with E-state index in [4.69, 9.17) is 5.73 Å². The van der Waals surface area contributed by atoms with Crippen LogP contribution in [0.15, 0.2) is 18.2 Å². The Balaban J connectivity index is 2.99. The van der Waals surface area contributed by atoms with Crippen LogP contribution in [0.3, 0.4) is 0 Å². The van der Waals surface area contributed by atoms with Gasteiger partial charge in [0.05, 0.1) is 16.7 Å². The van der Waals surface area contributed by atoms with Gasteiger partial charge >= 0.3 is 6.18 Å². The van der Waals surface area contributed by atoms with Crippen molar-refractivity contribution in [1.82, 2.24) is 0 Å². The van der Waals surface area contributed by atoms with Crippen LogP contribution < -0.4 is 15.8 Å². The van der Waals surface area contributed by atoms with Gasteiger partial charge in [0.25, 0.3) is 5.69 Å². The lowest BCUT2D eigenvalue weighted by atomic mass is 10.2. The lowest BCUT2D eigenvalue weighted by molar-refractivity contribution is -0.384. The molecule has 1 aromatic carbocycles. The molecule has 3 N–H and O–H groups in total. The van der Waals surface area contributed by atoms with Crippen LogP contribution in [0.2, 0.25) is 0 Å². The largest absolute Gasteiger partial charge is 0.484 e. The van der Waals surface area contributed by atoms with Gasteiger partial charge in [0, 0.05) is 12.1 Å². The molecule has 1 aromatic rings. The number of nitro benzene ring substituents is 1. The Morgan fingerprint density at radius 2 is 2.11 bits per heavy atom. The number of alkyl halides is 3. The summed E-state index contributed by atoms with van der Waals surface area (Å²) in [5.41, 5.74) is 4.80. The second-order valence-corrected chi connectivity index (χ2v) is 3.81. The molecule has 0 aliphatic rings. The molecule has 0 bridgehead atoms. The standard InChI is InChI=1S/C9H8F3N3O3S/c10-9(11,12)4-18-7-2-5(14-8(13)19)1-6(3-7)15(16)17/h1-3H,4H2,(H3,13,14,19). The van der Waals surface area contributed by atoms with Gasteiger partial charge in [0.2, 0.25) is 0 Å². The number of ether oxygens (including phenoxy) is 1. The van der Waals surface area contributed by atoms with Gasteiger partial charge in [-0.2, -0.15) is 13.2 Å². The van der Waals surface area contributed by atoms with E-state index in [1.807, 2.05) is 0 Å². The Morgan fingerprint density at radius 3 is 2.58 bits per heavy atom. The predicted molar refractivity (Wildman–Crippen MR) is 65.1 cm³/mol. The number of non-ortho nitro benzene ring substituents is 1. The number of nitrogens with two attached hydrogens (primary N) is 1. The summed E-state index contributed by atoms with van der Waals surface area (Å²) in [4.78, 5) is 9.86. The molecule has 0 aliphatic heterocycles. The fourth-order valence-electron chi connectivity index (χ4n) is 1.15. The Labute approximate surface area is 110 Å². The van der Waals surface area contributed by atoms with Gasteiger partial charge in [-0.1, -0.05) is 0 Å². The minimum absolute atomic E-state index is 0.0684. The van der Waals surface area contributed by atoms with Crippen molar-refractivity contribution in [2.75, 3.05) is 11.9 Å². The first kappa shape index (κ1) is 15.0. The van der Waals surface area contributed by atoms with Crippen molar-refractivity contribution in [2.24, 2.45) is 5.73 Å². The molecular formula is C9H8F3N3O3S. The zero-order valence-corrected chi connectivity index (χ0v) is 10.0. The maximum Gasteiger partial charge on any atom is 0.422 e. The molecule has 1 rings (SSSR count). The van der Waals surface area contributed by atoms with Gasteiger partial charge in [-0.3, -0.25) is 10.1 Å². The molecule has 6 nitrogen and oxygen atoms in total. The Hall–Kier alpha value is -2.10. The van der Waals surface area contributed by atoms with Crippen molar-refractivity contribution in [3.63, 3.8) is 0 Å². The summed E-state index contributed by atoms with van der Waals surface area (Å²) in [6.07, 6.45) is -4.54. The Morgan fingerprint density at radius 1 is 1.47 bits per heavy atom. The van der Waals surface area contributed by atoms with Crippen molar-refractivity contribution in [2.45, 2.75) is 6.18 Å². The molecule has 0 saturated carbocycles. The second-order valence-electron chi connectivity index (χ2n) is 3.37. The quantitative estimate of drug-likeness (QED) is 0.502.